The van der Waals surface area contributed by atoms with Crippen LogP contribution in [0.3, 0.4) is 0 Å². The third-order valence-corrected chi connectivity index (χ3v) is 4.93. The second-order valence-corrected chi connectivity index (χ2v) is 6.75. The molecular formula is C18H21ClN2O3. The molecule has 0 spiro atoms. The van der Waals surface area contributed by atoms with Crippen LogP contribution in [0.2, 0.25) is 5.02 Å². The highest BCUT2D eigenvalue weighted by atomic mass is 35.5. The summed E-state index contributed by atoms with van der Waals surface area (Å²) in [6.07, 6.45) is 5.47. The van der Waals surface area contributed by atoms with Gasteiger partial charge >= 0.3 is 5.69 Å². The lowest BCUT2D eigenvalue weighted by molar-refractivity contribution is 0.316. The van der Waals surface area contributed by atoms with Gasteiger partial charge in [0.1, 0.15) is 0 Å². The Labute approximate surface area is 145 Å². The van der Waals surface area contributed by atoms with Crippen molar-refractivity contribution in [1.29, 1.82) is 0 Å². The molecule has 1 saturated carbocycles. The molecule has 0 bridgehead atoms. The second-order valence-electron chi connectivity index (χ2n) is 6.31. The van der Waals surface area contributed by atoms with Crippen molar-refractivity contribution < 1.29 is 5.11 Å². The van der Waals surface area contributed by atoms with Gasteiger partial charge in [0, 0.05) is 17.6 Å². The number of aromatic nitrogens is 2. The predicted molar refractivity (Wildman–Crippen MR) is 93.9 cm³/mol. The van der Waals surface area contributed by atoms with Gasteiger partial charge in [-0.05, 0) is 37.0 Å². The molecule has 1 fully saturated rings. The summed E-state index contributed by atoms with van der Waals surface area (Å²) < 4.78 is 2.60. The molecule has 1 heterocycles. The van der Waals surface area contributed by atoms with Crippen molar-refractivity contribution in [3.63, 3.8) is 0 Å². The number of rotatable bonds is 4. The van der Waals surface area contributed by atoms with Gasteiger partial charge in [-0.3, -0.25) is 13.9 Å². The number of hydrogen-bond acceptors (Lipinski definition) is 3. The van der Waals surface area contributed by atoms with E-state index in [2.05, 4.69) is 0 Å². The Morgan fingerprint density at radius 1 is 1.08 bits per heavy atom. The number of aromatic hydroxyl groups is 1. The van der Waals surface area contributed by atoms with Crippen molar-refractivity contribution >= 4 is 11.6 Å². The Morgan fingerprint density at radius 2 is 1.75 bits per heavy atom. The maximum Gasteiger partial charge on any atom is 0.334 e. The van der Waals surface area contributed by atoms with Gasteiger partial charge in [-0.1, -0.05) is 43.0 Å². The molecule has 0 atom stereocenters. The normalized spacial score (nSPS) is 15.5. The van der Waals surface area contributed by atoms with E-state index in [0.717, 1.165) is 43.7 Å². The molecule has 24 heavy (non-hydrogen) atoms. The maximum atomic E-state index is 12.7. The summed E-state index contributed by atoms with van der Waals surface area (Å²) in [4.78, 5) is 24.9. The summed E-state index contributed by atoms with van der Waals surface area (Å²) in [5.41, 5.74) is 0.189. The zero-order valence-corrected chi connectivity index (χ0v) is 14.2. The second kappa shape index (κ2) is 7.26. The molecule has 1 aromatic heterocycles. The standard InChI is InChI=1S/C18H21ClN2O3/c19-14-8-6-13(7-9-14)10-11-20-16(22)12-17(23)21(18(20)24)15-4-2-1-3-5-15/h6-9,12,15,22H,1-5,10-11H2. The molecule has 1 aromatic carbocycles. The van der Waals surface area contributed by atoms with Crippen molar-refractivity contribution in [1.82, 2.24) is 9.13 Å². The highest BCUT2D eigenvalue weighted by Crippen LogP contribution is 2.26. The van der Waals surface area contributed by atoms with Crippen LogP contribution in [0.15, 0.2) is 39.9 Å². The minimum atomic E-state index is -0.416. The van der Waals surface area contributed by atoms with Crippen LogP contribution in [0, 0.1) is 0 Å². The minimum absolute atomic E-state index is 0.0545. The van der Waals surface area contributed by atoms with Crippen molar-refractivity contribution in [2.24, 2.45) is 0 Å². The molecule has 0 saturated heterocycles. The molecule has 0 radical (unpaired) electrons. The topological polar surface area (TPSA) is 64.2 Å². The van der Waals surface area contributed by atoms with Crippen LogP contribution in [-0.4, -0.2) is 14.2 Å². The fraction of sp³-hybridized carbons (Fsp3) is 0.444. The Hall–Kier alpha value is -2.01. The van der Waals surface area contributed by atoms with E-state index in [0.29, 0.717) is 18.0 Å². The summed E-state index contributed by atoms with van der Waals surface area (Å²) in [5.74, 6) is -0.272. The van der Waals surface area contributed by atoms with Crippen LogP contribution in [0.25, 0.3) is 0 Å². The zero-order chi connectivity index (χ0) is 17.1. The minimum Gasteiger partial charge on any atom is -0.494 e. The summed E-state index contributed by atoms with van der Waals surface area (Å²) >= 11 is 5.87. The molecular weight excluding hydrogens is 328 g/mol. The van der Waals surface area contributed by atoms with Gasteiger partial charge in [-0.25, -0.2) is 4.79 Å². The van der Waals surface area contributed by atoms with E-state index >= 15 is 0 Å². The summed E-state index contributed by atoms with van der Waals surface area (Å²) in [6.45, 7) is 0.319. The summed E-state index contributed by atoms with van der Waals surface area (Å²) in [6, 6.07) is 8.47. The lowest BCUT2D eigenvalue weighted by Gasteiger charge is -2.24. The largest absolute Gasteiger partial charge is 0.494 e. The monoisotopic (exact) mass is 348 g/mol. The van der Waals surface area contributed by atoms with Crippen LogP contribution in [0.5, 0.6) is 5.88 Å². The van der Waals surface area contributed by atoms with Gasteiger partial charge in [-0.15, -0.1) is 0 Å². The highest BCUT2D eigenvalue weighted by molar-refractivity contribution is 6.30. The molecule has 6 heteroatoms. The lowest BCUT2D eigenvalue weighted by atomic mass is 9.95. The number of aryl methyl sites for hydroxylation is 1. The average Bonchev–Trinajstić information content (AvgIpc) is 2.57. The van der Waals surface area contributed by atoms with Crippen LogP contribution in [0.4, 0.5) is 0 Å². The van der Waals surface area contributed by atoms with Crippen molar-refractivity contribution in [3.8, 4) is 5.88 Å². The molecule has 0 unspecified atom stereocenters. The van der Waals surface area contributed by atoms with Crippen molar-refractivity contribution in [2.75, 3.05) is 0 Å². The van der Waals surface area contributed by atoms with E-state index in [1.54, 1.807) is 12.1 Å². The number of nitrogens with zero attached hydrogens (tertiary/aromatic N) is 2. The predicted octanol–water partition coefficient (Wildman–Crippen LogP) is 3.12. The number of benzene rings is 1. The Bertz CT molecular complexity index is 818. The van der Waals surface area contributed by atoms with Crippen molar-refractivity contribution in [3.05, 3.63) is 61.8 Å². The van der Waals surface area contributed by atoms with E-state index in [4.69, 9.17) is 11.6 Å². The third kappa shape index (κ3) is 3.56. The van der Waals surface area contributed by atoms with E-state index in [1.807, 2.05) is 12.1 Å². The van der Waals surface area contributed by atoms with Gasteiger partial charge in [0.15, 0.2) is 0 Å². The van der Waals surface area contributed by atoms with Gasteiger partial charge in [0.2, 0.25) is 5.88 Å². The van der Waals surface area contributed by atoms with Crippen LogP contribution in [-0.2, 0) is 13.0 Å². The molecule has 2 aromatic rings. The smallest absolute Gasteiger partial charge is 0.334 e. The first-order valence-electron chi connectivity index (χ1n) is 8.36. The van der Waals surface area contributed by atoms with Crippen molar-refractivity contribution in [2.45, 2.75) is 51.1 Å². The molecule has 1 aliphatic carbocycles. The maximum absolute atomic E-state index is 12.7. The molecule has 0 aliphatic heterocycles. The van der Waals surface area contributed by atoms with Crippen LogP contribution >= 0.6 is 11.6 Å². The van der Waals surface area contributed by atoms with Crippen LogP contribution in [0.1, 0.15) is 43.7 Å². The van der Waals surface area contributed by atoms with E-state index < -0.39 is 11.2 Å². The first kappa shape index (κ1) is 16.8. The molecule has 3 rings (SSSR count). The van der Waals surface area contributed by atoms with Gasteiger partial charge in [-0.2, -0.15) is 0 Å². The summed E-state index contributed by atoms with van der Waals surface area (Å²) in [5, 5.41) is 10.7. The Kier molecular flexibility index (Phi) is 5.09. The van der Waals surface area contributed by atoms with Crippen LogP contribution < -0.4 is 11.2 Å². The van der Waals surface area contributed by atoms with Gasteiger partial charge in [0.25, 0.3) is 5.56 Å². The molecule has 5 nitrogen and oxygen atoms in total. The highest BCUT2D eigenvalue weighted by Gasteiger charge is 2.21. The van der Waals surface area contributed by atoms with Gasteiger partial charge < -0.3 is 5.11 Å². The molecule has 0 amide bonds. The Morgan fingerprint density at radius 3 is 2.42 bits per heavy atom. The van der Waals surface area contributed by atoms with Gasteiger partial charge in [0.05, 0.1) is 6.07 Å². The third-order valence-electron chi connectivity index (χ3n) is 4.68. The average molecular weight is 349 g/mol. The van der Waals surface area contributed by atoms with E-state index in [1.165, 1.54) is 9.13 Å². The number of halogens is 1. The molecule has 1 aliphatic rings. The first-order valence-corrected chi connectivity index (χ1v) is 8.74. The van der Waals surface area contributed by atoms with E-state index in [9.17, 15) is 14.7 Å². The molecule has 1 N–H and O–H groups in total. The SMILES string of the molecule is O=c1cc(O)n(CCc2ccc(Cl)cc2)c(=O)n1C1CCCCC1. The van der Waals surface area contributed by atoms with E-state index in [-0.39, 0.29) is 11.9 Å². The quantitative estimate of drug-likeness (QED) is 0.923. The number of hydrogen-bond donors (Lipinski definition) is 1. The molecule has 128 valence electrons. The fourth-order valence-corrected chi connectivity index (χ4v) is 3.48. The zero-order valence-electron chi connectivity index (χ0n) is 13.4. The fourth-order valence-electron chi connectivity index (χ4n) is 3.36. The summed E-state index contributed by atoms with van der Waals surface area (Å²) in [7, 11) is 0. The Balaban J connectivity index is 1.88. The lowest BCUT2D eigenvalue weighted by Crippen LogP contribution is -2.42. The first-order chi connectivity index (χ1) is 11.6.